The van der Waals surface area contributed by atoms with E-state index in [9.17, 15) is 9.59 Å². The van der Waals surface area contributed by atoms with E-state index in [1.807, 2.05) is 33.8 Å². The Morgan fingerprint density at radius 3 is 2.16 bits per heavy atom. The molecule has 0 radical (unpaired) electrons. The van der Waals surface area contributed by atoms with Crippen molar-refractivity contribution in [3.63, 3.8) is 0 Å². The normalized spacial score (nSPS) is 13.7. The lowest BCUT2D eigenvalue weighted by Crippen LogP contribution is -2.45. The molecule has 0 bridgehead atoms. The second-order valence-corrected chi connectivity index (χ2v) is 5.05. The molecule has 1 aromatic rings. The van der Waals surface area contributed by atoms with Crippen LogP contribution in [0.4, 0.5) is 0 Å². The number of hydrogen-bond donors (Lipinski definition) is 2. The number of carboxylic acid groups (broad SMARTS) is 1. The van der Waals surface area contributed by atoms with E-state index < -0.39 is 12.0 Å². The number of hydrogen-bond acceptors (Lipinski definition) is 2. The van der Waals surface area contributed by atoms with Crippen LogP contribution in [0.3, 0.4) is 0 Å². The molecular weight excluding hydrogens is 242 g/mol. The van der Waals surface area contributed by atoms with E-state index in [1.165, 1.54) is 0 Å². The molecule has 2 unspecified atom stereocenters. The smallest absolute Gasteiger partial charge is 0.326 e. The number of carbonyl (C=O) groups excluding carboxylic acids is 1. The maximum absolute atomic E-state index is 12.1. The van der Waals surface area contributed by atoms with Crippen LogP contribution in [-0.4, -0.2) is 23.0 Å². The molecule has 4 heteroatoms. The van der Waals surface area contributed by atoms with Crippen LogP contribution >= 0.6 is 0 Å². The molecule has 19 heavy (non-hydrogen) atoms. The molecule has 2 N–H and O–H groups in total. The fraction of sp³-hybridized carbons (Fsp3) is 0.467. The van der Waals surface area contributed by atoms with Gasteiger partial charge in [-0.1, -0.05) is 37.5 Å². The van der Waals surface area contributed by atoms with Gasteiger partial charge in [0.2, 0.25) is 0 Å². The van der Waals surface area contributed by atoms with Crippen LogP contribution in [0, 0.1) is 19.8 Å². The molecule has 0 aliphatic heterocycles. The molecule has 4 nitrogen and oxygen atoms in total. The predicted octanol–water partition coefficient (Wildman–Crippen LogP) is 2.53. The van der Waals surface area contributed by atoms with Gasteiger partial charge in [0.25, 0.3) is 5.91 Å². The summed E-state index contributed by atoms with van der Waals surface area (Å²) in [5, 5.41) is 11.8. The van der Waals surface area contributed by atoms with E-state index in [2.05, 4.69) is 5.32 Å². The summed E-state index contributed by atoms with van der Waals surface area (Å²) in [6, 6.07) is 4.65. The first-order valence-corrected chi connectivity index (χ1v) is 6.47. The number of aliphatic carboxylic acids is 1. The highest BCUT2D eigenvalue weighted by molar-refractivity contribution is 5.97. The number of carboxylic acids is 1. The Labute approximate surface area is 113 Å². The van der Waals surface area contributed by atoms with Gasteiger partial charge in [-0.25, -0.2) is 4.79 Å². The first-order valence-electron chi connectivity index (χ1n) is 6.47. The fourth-order valence-corrected chi connectivity index (χ4v) is 2.01. The number of benzene rings is 1. The van der Waals surface area contributed by atoms with E-state index >= 15 is 0 Å². The fourth-order valence-electron chi connectivity index (χ4n) is 2.01. The summed E-state index contributed by atoms with van der Waals surface area (Å²) >= 11 is 0. The van der Waals surface area contributed by atoms with Gasteiger partial charge in [0, 0.05) is 5.56 Å². The van der Waals surface area contributed by atoms with Gasteiger partial charge in [-0.05, 0) is 31.9 Å². The summed E-state index contributed by atoms with van der Waals surface area (Å²) < 4.78 is 0. The summed E-state index contributed by atoms with van der Waals surface area (Å²) in [7, 11) is 0. The highest BCUT2D eigenvalue weighted by atomic mass is 16.4. The van der Waals surface area contributed by atoms with Gasteiger partial charge in [-0.2, -0.15) is 0 Å². The monoisotopic (exact) mass is 263 g/mol. The number of aryl methyl sites for hydroxylation is 2. The Bertz CT molecular complexity index is 462. The quantitative estimate of drug-likeness (QED) is 0.858. The third-order valence-electron chi connectivity index (χ3n) is 3.25. The van der Waals surface area contributed by atoms with E-state index in [0.717, 1.165) is 11.1 Å². The minimum absolute atomic E-state index is 0.104. The number of rotatable bonds is 5. The zero-order valence-corrected chi connectivity index (χ0v) is 11.9. The summed E-state index contributed by atoms with van der Waals surface area (Å²) in [6.07, 6.45) is 0.699. The van der Waals surface area contributed by atoms with Crippen molar-refractivity contribution in [1.29, 1.82) is 0 Å². The first kappa shape index (κ1) is 15.2. The SMILES string of the molecule is CCC(C)C(NC(=O)c1cc(C)cc(C)c1)C(=O)O. The lowest BCUT2D eigenvalue weighted by Gasteiger charge is -2.20. The minimum Gasteiger partial charge on any atom is -0.480 e. The lowest BCUT2D eigenvalue weighted by atomic mass is 9.98. The zero-order valence-electron chi connectivity index (χ0n) is 11.9. The summed E-state index contributed by atoms with van der Waals surface area (Å²) in [5.74, 6) is -1.43. The minimum atomic E-state index is -0.993. The van der Waals surface area contributed by atoms with Crippen LogP contribution in [0.5, 0.6) is 0 Å². The van der Waals surface area contributed by atoms with Crippen LogP contribution < -0.4 is 5.32 Å². The van der Waals surface area contributed by atoms with Crippen molar-refractivity contribution in [3.8, 4) is 0 Å². The second kappa shape index (κ2) is 6.36. The standard InChI is InChI=1S/C15H21NO3/c1-5-11(4)13(15(18)19)16-14(17)12-7-9(2)6-10(3)8-12/h6-8,11,13H,5H2,1-4H3,(H,16,17)(H,18,19). The van der Waals surface area contributed by atoms with Crippen molar-refractivity contribution >= 4 is 11.9 Å². The zero-order chi connectivity index (χ0) is 14.6. The van der Waals surface area contributed by atoms with E-state index in [4.69, 9.17) is 5.11 Å². The second-order valence-electron chi connectivity index (χ2n) is 5.05. The topological polar surface area (TPSA) is 66.4 Å². The van der Waals surface area contributed by atoms with Crippen LogP contribution in [-0.2, 0) is 4.79 Å². The molecule has 0 aromatic heterocycles. The molecule has 0 saturated carbocycles. The summed E-state index contributed by atoms with van der Waals surface area (Å²) in [4.78, 5) is 23.3. The maximum atomic E-state index is 12.1. The summed E-state index contributed by atoms with van der Waals surface area (Å²) in [6.45, 7) is 7.55. The molecule has 0 heterocycles. The Kier molecular flexibility index (Phi) is 5.10. The first-order chi connectivity index (χ1) is 8.85. The highest BCUT2D eigenvalue weighted by Crippen LogP contribution is 2.12. The van der Waals surface area contributed by atoms with Crippen molar-refractivity contribution in [2.75, 3.05) is 0 Å². The van der Waals surface area contributed by atoms with Crippen molar-refractivity contribution in [2.24, 2.45) is 5.92 Å². The van der Waals surface area contributed by atoms with Crippen LogP contribution in [0.1, 0.15) is 41.8 Å². The van der Waals surface area contributed by atoms with Crippen LogP contribution in [0.2, 0.25) is 0 Å². The maximum Gasteiger partial charge on any atom is 0.326 e. The molecule has 0 saturated heterocycles. The molecule has 1 amide bonds. The number of amides is 1. The average Bonchev–Trinajstić information content (AvgIpc) is 2.33. The molecule has 1 rings (SSSR count). The van der Waals surface area contributed by atoms with Gasteiger partial charge >= 0.3 is 5.97 Å². The molecule has 104 valence electrons. The molecular formula is C15H21NO3. The average molecular weight is 263 g/mol. The molecule has 2 atom stereocenters. The largest absolute Gasteiger partial charge is 0.480 e. The van der Waals surface area contributed by atoms with E-state index in [0.29, 0.717) is 12.0 Å². The van der Waals surface area contributed by atoms with Gasteiger partial charge in [0.15, 0.2) is 0 Å². The number of nitrogens with one attached hydrogen (secondary N) is 1. The van der Waals surface area contributed by atoms with E-state index in [1.54, 1.807) is 12.1 Å². The Balaban J connectivity index is 2.90. The third kappa shape index (κ3) is 4.09. The van der Waals surface area contributed by atoms with E-state index in [-0.39, 0.29) is 11.8 Å². The predicted molar refractivity (Wildman–Crippen MR) is 74.3 cm³/mol. The summed E-state index contributed by atoms with van der Waals surface area (Å²) in [5.41, 5.74) is 2.48. The van der Waals surface area contributed by atoms with Gasteiger partial charge in [0.05, 0.1) is 0 Å². The third-order valence-corrected chi connectivity index (χ3v) is 3.25. The number of carbonyl (C=O) groups is 2. The van der Waals surface area contributed by atoms with Crippen molar-refractivity contribution in [2.45, 2.75) is 40.2 Å². The van der Waals surface area contributed by atoms with Crippen molar-refractivity contribution in [1.82, 2.24) is 5.32 Å². The van der Waals surface area contributed by atoms with Gasteiger partial charge in [-0.15, -0.1) is 0 Å². The molecule has 0 aliphatic rings. The van der Waals surface area contributed by atoms with Crippen LogP contribution in [0.15, 0.2) is 18.2 Å². The Hall–Kier alpha value is -1.84. The van der Waals surface area contributed by atoms with Gasteiger partial charge in [-0.3, -0.25) is 4.79 Å². The van der Waals surface area contributed by atoms with Crippen LogP contribution in [0.25, 0.3) is 0 Å². The van der Waals surface area contributed by atoms with Gasteiger partial charge < -0.3 is 10.4 Å². The van der Waals surface area contributed by atoms with Crippen molar-refractivity contribution < 1.29 is 14.7 Å². The molecule has 0 fully saturated rings. The Morgan fingerprint density at radius 1 is 1.21 bits per heavy atom. The lowest BCUT2D eigenvalue weighted by molar-refractivity contribution is -0.140. The highest BCUT2D eigenvalue weighted by Gasteiger charge is 2.25. The van der Waals surface area contributed by atoms with Gasteiger partial charge in [0.1, 0.15) is 6.04 Å². The molecule has 0 aliphatic carbocycles. The Morgan fingerprint density at radius 2 is 1.74 bits per heavy atom. The molecule has 0 spiro atoms. The van der Waals surface area contributed by atoms with Crippen molar-refractivity contribution in [3.05, 3.63) is 34.9 Å². The molecule has 1 aromatic carbocycles.